The molecule has 0 saturated carbocycles. The fourth-order valence-electron chi connectivity index (χ4n) is 6.13. The number of thiol groups is 1. The van der Waals surface area contributed by atoms with Gasteiger partial charge in [-0.25, -0.2) is 9.97 Å². The van der Waals surface area contributed by atoms with Crippen molar-refractivity contribution >= 4 is 47.6 Å². The van der Waals surface area contributed by atoms with Gasteiger partial charge in [-0.1, -0.05) is 38.5 Å². The second kappa shape index (κ2) is 13.8. The Balaban J connectivity index is 1.26. The molecule has 5 N–H and O–H groups in total. The first kappa shape index (κ1) is 30.8. The van der Waals surface area contributed by atoms with Gasteiger partial charge in [0, 0.05) is 63.2 Å². The van der Waals surface area contributed by atoms with Crippen molar-refractivity contribution < 1.29 is 9.59 Å². The maximum atomic E-state index is 12.4. The Morgan fingerprint density at radius 3 is 2.33 bits per heavy atom. The molecule has 1 aliphatic carbocycles. The number of rotatable bonds is 11. The van der Waals surface area contributed by atoms with E-state index in [0.29, 0.717) is 43.4 Å². The summed E-state index contributed by atoms with van der Waals surface area (Å²) >= 11 is 4.48. The number of amides is 2. The highest BCUT2D eigenvalue weighted by Gasteiger charge is 2.33. The van der Waals surface area contributed by atoms with E-state index in [9.17, 15) is 9.59 Å². The van der Waals surface area contributed by atoms with Crippen molar-refractivity contribution in [1.82, 2.24) is 24.5 Å². The predicted octanol–water partition coefficient (Wildman–Crippen LogP) is 3.12. The fraction of sp³-hybridized carbons (Fsp3) is 0.484. The molecule has 5 rings (SSSR count). The van der Waals surface area contributed by atoms with E-state index in [2.05, 4.69) is 78.7 Å². The van der Waals surface area contributed by atoms with Crippen LogP contribution in [0.1, 0.15) is 48.8 Å². The smallest absolute Gasteiger partial charge is 0.271 e. The number of piperazine rings is 1. The van der Waals surface area contributed by atoms with Gasteiger partial charge in [-0.05, 0) is 62.4 Å². The Morgan fingerprint density at radius 2 is 1.72 bits per heavy atom. The third kappa shape index (κ3) is 7.49. The maximum absolute atomic E-state index is 12.4. The summed E-state index contributed by atoms with van der Waals surface area (Å²) in [6.07, 6.45) is 9.62. The quantitative estimate of drug-likeness (QED) is 0.149. The number of piperidine rings is 1. The zero-order chi connectivity index (χ0) is 30.4. The lowest BCUT2D eigenvalue weighted by Gasteiger charge is -2.42. The van der Waals surface area contributed by atoms with Crippen molar-refractivity contribution in [2.24, 2.45) is 5.73 Å². The Morgan fingerprint density at radius 1 is 1.05 bits per heavy atom. The van der Waals surface area contributed by atoms with Gasteiger partial charge >= 0.3 is 0 Å². The number of benzene rings is 1. The highest BCUT2D eigenvalue weighted by molar-refractivity contribution is 7.77. The molecule has 1 aromatic carbocycles. The molecule has 12 heteroatoms. The van der Waals surface area contributed by atoms with Crippen LogP contribution >= 0.6 is 12.8 Å². The molecule has 230 valence electrons. The zero-order valence-electron chi connectivity index (χ0n) is 24.9. The first-order valence-corrected chi connectivity index (χ1v) is 15.5. The van der Waals surface area contributed by atoms with Gasteiger partial charge < -0.3 is 26.6 Å². The van der Waals surface area contributed by atoms with E-state index in [1.165, 1.54) is 11.8 Å². The molecule has 0 radical (unpaired) electrons. The second-order valence-corrected chi connectivity index (χ2v) is 12.1. The number of hydrogen-bond donors (Lipinski definition) is 5. The van der Waals surface area contributed by atoms with Crippen LogP contribution in [0, 0.1) is 0 Å². The summed E-state index contributed by atoms with van der Waals surface area (Å²) in [7, 11) is 0. The van der Waals surface area contributed by atoms with Crippen molar-refractivity contribution in [1.29, 1.82) is 0 Å². The van der Waals surface area contributed by atoms with E-state index in [4.69, 9.17) is 10.7 Å². The normalized spacial score (nSPS) is 19.3. The number of aryl methyl sites for hydroxylation is 1. The van der Waals surface area contributed by atoms with Gasteiger partial charge in [0.25, 0.3) is 5.91 Å². The van der Waals surface area contributed by atoms with Crippen molar-refractivity contribution in [3.05, 3.63) is 60.5 Å². The number of nitrogens with zero attached hydrogens (tertiary/aromatic N) is 5. The van der Waals surface area contributed by atoms with Gasteiger partial charge in [-0.2, -0.15) is 0 Å². The minimum atomic E-state index is -0.652. The standard InChI is InChI=1S/C31H43N9O2S/c1-3-25-29(33-21-31(13-5-6-14-31)37-26(41)4-2)36-30(27(35-25)28(32)42)34-22-7-9-23(10-8-22)38-15-11-24(12-16-38)39-17-19-40(43)20-18-39/h4-10,24,43H,2-3,11-21H2,1H3,(H2,32,42)(H,37,41)(H2,33,34,36). The van der Waals surface area contributed by atoms with Crippen LogP contribution in [0.15, 0.2) is 49.1 Å². The van der Waals surface area contributed by atoms with Gasteiger partial charge in [-0.3, -0.25) is 18.8 Å². The number of nitrogens with one attached hydrogen (secondary N) is 3. The largest absolute Gasteiger partial charge is 0.371 e. The summed E-state index contributed by atoms with van der Waals surface area (Å²) in [5.74, 6) is -0.0414. The number of carbonyl (C=O) groups is 2. The van der Waals surface area contributed by atoms with E-state index in [1.54, 1.807) is 0 Å². The third-order valence-corrected chi connectivity index (χ3v) is 9.05. The number of carbonyl (C=O) groups excluding carboxylic acids is 2. The molecular weight excluding hydrogens is 562 g/mol. The molecule has 0 atom stereocenters. The van der Waals surface area contributed by atoms with Gasteiger partial charge in [0.15, 0.2) is 11.5 Å². The number of hydrogen-bond acceptors (Lipinski definition) is 10. The van der Waals surface area contributed by atoms with Crippen LogP contribution in [0.4, 0.5) is 23.0 Å². The summed E-state index contributed by atoms with van der Waals surface area (Å²) in [5, 5.41) is 9.70. The van der Waals surface area contributed by atoms with E-state index in [-0.39, 0.29) is 17.4 Å². The van der Waals surface area contributed by atoms with Crippen LogP contribution in [0.25, 0.3) is 0 Å². The lowest BCUT2D eigenvalue weighted by atomic mass is 9.96. The summed E-state index contributed by atoms with van der Waals surface area (Å²) in [4.78, 5) is 38.9. The fourth-order valence-corrected chi connectivity index (χ4v) is 6.31. The summed E-state index contributed by atoms with van der Waals surface area (Å²) < 4.78 is 2.10. The first-order chi connectivity index (χ1) is 20.8. The molecule has 0 spiro atoms. The topological polar surface area (TPSA) is 132 Å². The Bertz CT molecular complexity index is 1330. The molecule has 2 saturated heterocycles. The Hall–Kier alpha value is -3.61. The minimum Gasteiger partial charge on any atom is -0.371 e. The zero-order valence-corrected chi connectivity index (χ0v) is 25.8. The van der Waals surface area contributed by atoms with Crippen LogP contribution in [-0.2, 0) is 11.2 Å². The van der Waals surface area contributed by atoms with Gasteiger partial charge in [0.05, 0.1) is 11.2 Å². The number of anilines is 4. The molecule has 3 heterocycles. The lowest BCUT2D eigenvalue weighted by Crippen LogP contribution is -2.51. The van der Waals surface area contributed by atoms with Crippen LogP contribution in [0.2, 0.25) is 0 Å². The van der Waals surface area contributed by atoms with E-state index in [0.717, 1.165) is 57.8 Å². The van der Waals surface area contributed by atoms with Crippen LogP contribution in [-0.4, -0.2) is 88.4 Å². The minimum absolute atomic E-state index is 0.0875. The molecule has 3 aliphatic rings. The monoisotopic (exact) mass is 605 g/mol. The summed E-state index contributed by atoms with van der Waals surface area (Å²) in [6.45, 7) is 12.2. The average Bonchev–Trinajstić information content (AvgIpc) is 3.49. The highest BCUT2D eigenvalue weighted by atomic mass is 32.1. The number of primary amides is 1. The van der Waals surface area contributed by atoms with E-state index in [1.807, 2.05) is 19.1 Å². The molecule has 1 aromatic heterocycles. The van der Waals surface area contributed by atoms with Crippen molar-refractivity contribution in [2.75, 3.05) is 61.3 Å². The van der Waals surface area contributed by atoms with E-state index >= 15 is 0 Å². The van der Waals surface area contributed by atoms with Crippen molar-refractivity contribution in [3.63, 3.8) is 0 Å². The average molecular weight is 606 g/mol. The SMILES string of the molecule is C=CC(=O)NC1(CNc2nc(Nc3ccc(N4CCC(N5CCN(S)CC5)CC4)cc3)c(C(N)=O)nc2CC)CC=CC1. The van der Waals surface area contributed by atoms with Gasteiger partial charge in [0.2, 0.25) is 5.91 Å². The van der Waals surface area contributed by atoms with Crippen molar-refractivity contribution in [3.8, 4) is 0 Å². The molecule has 2 aromatic rings. The Labute approximate surface area is 259 Å². The molecule has 11 nitrogen and oxygen atoms in total. The number of aromatic nitrogens is 2. The van der Waals surface area contributed by atoms with Crippen molar-refractivity contribution in [2.45, 2.75) is 50.6 Å². The Kier molecular flexibility index (Phi) is 9.89. The maximum Gasteiger partial charge on any atom is 0.271 e. The third-order valence-electron chi connectivity index (χ3n) is 8.65. The van der Waals surface area contributed by atoms with E-state index < -0.39 is 11.4 Å². The van der Waals surface area contributed by atoms with Crippen LogP contribution in [0.3, 0.4) is 0 Å². The lowest BCUT2D eigenvalue weighted by molar-refractivity contribution is -0.118. The molecular formula is C31H43N9O2S. The second-order valence-electron chi connectivity index (χ2n) is 11.5. The first-order valence-electron chi connectivity index (χ1n) is 15.1. The van der Waals surface area contributed by atoms with Gasteiger partial charge in [0.1, 0.15) is 5.82 Å². The molecule has 2 amide bonds. The molecule has 2 fully saturated rings. The van der Waals surface area contributed by atoms with Gasteiger partial charge in [-0.15, -0.1) is 0 Å². The molecule has 0 bridgehead atoms. The summed E-state index contributed by atoms with van der Waals surface area (Å²) in [6, 6.07) is 8.81. The molecule has 0 unspecified atom stereocenters. The molecule has 43 heavy (non-hydrogen) atoms. The van der Waals surface area contributed by atoms with Crippen LogP contribution in [0.5, 0.6) is 0 Å². The molecule has 2 aliphatic heterocycles. The van der Waals surface area contributed by atoms with Crippen LogP contribution < -0.4 is 26.6 Å². The highest BCUT2D eigenvalue weighted by Crippen LogP contribution is 2.29. The predicted molar refractivity (Wildman–Crippen MR) is 175 cm³/mol. The number of nitrogens with two attached hydrogens (primary N) is 1. The summed E-state index contributed by atoms with van der Waals surface area (Å²) in [5.41, 5.74) is 7.90.